The molecule has 4 rings (SSSR count). The van der Waals surface area contributed by atoms with Gasteiger partial charge in [0.2, 0.25) is 5.79 Å². The summed E-state index contributed by atoms with van der Waals surface area (Å²) in [6.45, 7) is 16.8. The Morgan fingerprint density at radius 3 is 2.03 bits per heavy atom. The molecule has 15 atom stereocenters. The van der Waals surface area contributed by atoms with Crippen LogP contribution in [0.3, 0.4) is 0 Å². The molecular formula is C59H111NO11. The fourth-order valence-corrected chi connectivity index (χ4v) is 10.2. The summed E-state index contributed by atoms with van der Waals surface area (Å²) >= 11 is 0. The van der Waals surface area contributed by atoms with Gasteiger partial charge in [0.25, 0.3) is 11.7 Å². The number of nitrogens with zero attached hydrogens (tertiary/aromatic N) is 1. The molecule has 1 aliphatic carbocycles. The number of ether oxygens (including phenoxy) is 3. The van der Waals surface area contributed by atoms with Gasteiger partial charge in [0.05, 0.1) is 24.4 Å². The SMILES string of the molecule is C.C.C.C.C.C.C.C.CO[C@H]1C[C@@H]2CC[C@@H](C)[C@@](O)(O2)C(=O)C(=O)N2CCCC[C@H]2C(=O)OC([C@H](C)CC2CC[C@@H](O)[C@H](C)C2)CC(=O)[C@H](C)/C=C(\C)[C@@H](O)[C@@H](C)C(=O)[C@H](C)C[C@H](C)/C=C/C=CC=C1C. The molecule has 4 aliphatic rings. The van der Waals surface area contributed by atoms with Gasteiger partial charge in [-0.1, -0.05) is 144 Å². The number of methoxy groups -OCH3 is 1. The Labute approximate surface area is 435 Å². The molecule has 2 unspecified atom stereocenters. The molecule has 0 aromatic rings. The summed E-state index contributed by atoms with van der Waals surface area (Å²) in [6, 6.07) is -1.10. The van der Waals surface area contributed by atoms with E-state index in [9.17, 15) is 39.3 Å². The van der Waals surface area contributed by atoms with Gasteiger partial charge >= 0.3 is 5.97 Å². The molecule has 3 N–H and O–H groups in total. The minimum absolute atomic E-state index is 0. The number of esters is 1. The van der Waals surface area contributed by atoms with Crippen LogP contribution < -0.4 is 0 Å². The van der Waals surface area contributed by atoms with E-state index in [-0.39, 0.29) is 126 Å². The molecule has 1 amide bonds. The third-order valence-corrected chi connectivity index (χ3v) is 14.6. The molecule has 418 valence electrons. The van der Waals surface area contributed by atoms with Crippen molar-refractivity contribution in [3.05, 3.63) is 47.6 Å². The molecule has 3 aliphatic heterocycles. The Morgan fingerprint density at radius 1 is 0.789 bits per heavy atom. The lowest BCUT2D eigenvalue weighted by atomic mass is 9.75. The number of hydrogen-bond acceptors (Lipinski definition) is 11. The van der Waals surface area contributed by atoms with Crippen molar-refractivity contribution in [2.45, 2.75) is 241 Å². The molecule has 71 heavy (non-hydrogen) atoms. The first-order valence-electron chi connectivity index (χ1n) is 23.8. The van der Waals surface area contributed by atoms with E-state index in [1.807, 2.05) is 65.0 Å². The van der Waals surface area contributed by atoms with E-state index in [1.165, 1.54) is 4.90 Å². The number of aliphatic hydroxyl groups excluding tert-OH is 2. The van der Waals surface area contributed by atoms with E-state index in [1.54, 1.807) is 40.9 Å². The van der Waals surface area contributed by atoms with Crippen LogP contribution >= 0.6 is 0 Å². The zero-order chi connectivity index (χ0) is 46.8. The van der Waals surface area contributed by atoms with Gasteiger partial charge < -0.3 is 34.4 Å². The molecular weight excluding hydrogens is 899 g/mol. The number of carbonyl (C=O) groups is 5. The van der Waals surface area contributed by atoms with Crippen molar-refractivity contribution in [3.63, 3.8) is 0 Å². The fraction of sp³-hybridized carbons (Fsp3) is 0.780. The first kappa shape index (κ1) is 76.6. The Morgan fingerprint density at radius 2 is 1.42 bits per heavy atom. The molecule has 0 radical (unpaired) electrons. The van der Waals surface area contributed by atoms with Crippen LogP contribution in [0.2, 0.25) is 0 Å². The highest BCUT2D eigenvalue weighted by molar-refractivity contribution is 6.39. The average Bonchev–Trinajstić information content (AvgIpc) is 3.25. The molecule has 3 fully saturated rings. The number of aliphatic hydroxyl groups is 3. The topological polar surface area (TPSA) is 177 Å². The molecule has 12 nitrogen and oxygen atoms in total. The highest BCUT2D eigenvalue weighted by Gasteiger charge is 2.53. The highest BCUT2D eigenvalue weighted by atomic mass is 16.6. The van der Waals surface area contributed by atoms with Crippen molar-refractivity contribution in [2.75, 3.05) is 13.7 Å². The van der Waals surface area contributed by atoms with Gasteiger partial charge in [-0.3, -0.25) is 19.2 Å². The van der Waals surface area contributed by atoms with Crippen molar-refractivity contribution in [3.8, 4) is 0 Å². The van der Waals surface area contributed by atoms with E-state index in [4.69, 9.17) is 14.2 Å². The molecule has 2 bridgehead atoms. The van der Waals surface area contributed by atoms with Crippen LogP contribution in [0.5, 0.6) is 0 Å². The van der Waals surface area contributed by atoms with E-state index < -0.39 is 71.7 Å². The van der Waals surface area contributed by atoms with Gasteiger partial charge in [-0.05, 0) is 113 Å². The van der Waals surface area contributed by atoms with Crippen LogP contribution in [-0.2, 0) is 38.2 Å². The Kier molecular flexibility index (Phi) is 37.8. The first-order valence-corrected chi connectivity index (χ1v) is 23.8. The summed E-state index contributed by atoms with van der Waals surface area (Å²) in [5.41, 5.74) is 1.40. The standard InChI is InChI=1S/C51H79NO11.8CH4/c1-30-16-12-11-13-17-31(2)44(61-10)28-40-21-19-37(8)51(60,63-40)48(57)49(58)52-23-15-14-18-41(52)50(59)62-45(34(5)27-39-20-22-42(53)33(4)26-39)29-43(54)32(3)25-36(7)47(56)38(9)46(55)35(6)24-30;;;;;;;;/h11-13,16-17,25,30,32-35,37-42,44-45,47,53,56,60H,14-15,18-24,26-29H2,1-10H3;8*1H4/b13-11?,16-12+,31-17?,36-25+;;;;;;;;/t30-,32-,33-,34-,35-,37-,38+,39?,40+,41+,42-,44+,45?,47-,51-;;;;;;;;/m1......../s1. The maximum absolute atomic E-state index is 14.3. The number of ketones is 3. The number of fused-ring (bicyclic) bond motifs is 3. The Hall–Kier alpha value is -3.29. The number of piperidine rings is 1. The zero-order valence-corrected chi connectivity index (χ0v) is 39.8. The fourth-order valence-electron chi connectivity index (χ4n) is 10.2. The Balaban J connectivity index is -0.00000181. The summed E-state index contributed by atoms with van der Waals surface area (Å²) in [4.78, 5) is 71.5. The van der Waals surface area contributed by atoms with Crippen molar-refractivity contribution < 1.29 is 53.5 Å². The van der Waals surface area contributed by atoms with E-state index in [0.29, 0.717) is 56.9 Å². The third-order valence-electron chi connectivity index (χ3n) is 14.6. The summed E-state index contributed by atoms with van der Waals surface area (Å²) < 4.78 is 18.3. The first-order chi connectivity index (χ1) is 29.7. The number of hydrogen-bond donors (Lipinski definition) is 3. The van der Waals surface area contributed by atoms with E-state index in [2.05, 4.69) is 0 Å². The van der Waals surface area contributed by atoms with Gasteiger partial charge in [0.15, 0.2) is 0 Å². The van der Waals surface area contributed by atoms with Crippen LogP contribution in [0.1, 0.15) is 199 Å². The Bertz CT molecular complexity index is 1720. The minimum Gasteiger partial charge on any atom is -0.460 e. The smallest absolute Gasteiger partial charge is 0.329 e. The van der Waals surface area contributed by atoms with Crippen molar-refractivity contribution in [1.29, 1.82) is 0 Å². The van der Waals surface area contributed by atoms with E-state index >= 15 is 0 Å². The molecule has 0 aromatic heterocycles. The lowest BCUT2D eigenvalue weighted by molar-refractivity contribution is -0.265. The molecule has 0 spiro atoms. The second kappa shape index (κ2) is 35.0. The number of carbonyl (C=O) groups excluding carboxylic acids is 5. The number of Topliss-reactive ketones (excluding diaryl/α,β-unsaturated/α-hetero) is 3. The van der Waals surface area contributed by atoms with Gasteiger partial charge in [-0.15, -0.1) is 0 Å². The summed E-state index contributed by atoms with van der Waals surface area (Å²) in [6.07, 6.45) is 14.2. The normalized spacial score (nSPS) is 35.5. The van der Waals surface area contributed by atoms with Crippen molar-refractivity contribution in [1.82, 2.24) is 4.90 Å². The molecule has 3 heterocycles. The number of allylic oxidation sites excluding steroid dienone is 6. The number of amides is 1. The summed E-state index contributed by atoms with van der Waals surface area (Å²) in [5.74, 6) is -7.70. The predicted molar refractivity (Wildman–Crippen MR) is 296 cm³/mol. The minimum atomic E-state index is -2.41. The monoisotopic (exact) mass is 1010 g/mol. The maximum Gasteiger partial charge on any atom is 0.329 e. The van der Waals surface area contributed by atoms with Gasteiger partial charge in [0.1, 0.15) is 23.7 Å². The van der Waals surface area contributed by atoms with E-state index in [0.717, 1.165) is 18.4 Å². The van der Waals surface area contributed by atoms with Crippen molar-refractivity contribution >= 4 is 29.2 Å². The second-order valence-corrected chi connectivity index (χ2v) is 19.9. The van der Waals surface area contributed by atoms with Crippen LogP contribution in [0, 0.1) is 47.3 Å². The summed E-state index contributed by atoms with van der Waals surface area (Å²) in [7, 11) is 1.59. The van der Waals surface area contributed by atoms with Gasteiger partial charge in [-0.2, -0.15) is 0 Å². The lowest BCUT2D eigenvalue weighted by Crippen LogP contribution is -2.61. The second-order valence-electron chi connectivity index (χ2n) is 19.9. The quantitative estimate of drug-likeness (QED) is 0.139. The van der Waals surface area contributed by atoms with Crippen LogP contribution in [0.25, 0.3) is 0 Å². The van der Waals surface area contributed by atoms with Gasteiger partial charge in [0, 0.05) is 50.2 Å². The predicted octanol–water partition coefficient (Wildman–Crippen LogP) is 12.5. The third kappa shape index (κ3) is 20.5. The molecule has 2 saturated heterocycles. The largest absolute Gasteiger partial charge is 0.460 e. The molecule has 12 heteroatoms. The number of cyclic esters (lactones) is 1. The van der Waals surface area contributed by atoms with Crippen LogP contribution in [0.4, 0.5) is 0 Å². The number of rotatable bonds is 4. The highest BCUT2D eigenvalue weighted by Crippen LogP contribution is 2.38. The summed E-state index contributed by atoms with van der Waals surface area (Å²) in [5, 5.41) is 33.7. The molecule has 1 saturated carbocycles. The average molecular weight is 1010 g/mol. The van der Waals surface area contributed by atoms with Crippen molar-refractivity contribution in [2.24, 2.45) is 47.3 Å². The zero-order valence-electron chi connectivity index (χ0n) is 39.8. The maximum atomic E-state index is 14.3. The van der Waals surface area contributed by atoms with Gasteiger partial charge in [-0.25, -0.2) is 4.79 Å². The molecule has 0 aromatic carbocycles. The van der Waals surface area contributed by atoms with Crippen LogP contribution in [-0.4, -0.2) is 105 Å². The lowest BCUT2D eigenvalue weighted by Gasteiger charge is -2.42. The van der Waals surface area contributed by atoms with Crippen LogP contribution in [0.15, 0.2) is 47.6 Å².